The van der Waals surface area contributed by atoms with Crippen molar-refractivity contribution in [3.05, 3.63) is 0 Å². The highest BCUT2D eigenvalue weighted by Crippen LogP contribution is 2.21. The number of carbonyl (C=O) groups excluding carboxylic acids is 1. The highest BCUT2D eigenvalue weighted by Gasteiger charge is 2.35. The van der Waals surface area contributed by atoms with Gasteiger partial charge in [-0.1, -0.05) is 0 Å². The monoisotopic (exact) mass is 256 g/mol. The predicted molar refractivity (Wildman–Crippen MR) is 57.5 cm³/mol. The van der Waals surface area contributed by atoms with Crippen molar-refractivity contribution < 1.29 is 22.7 Å². The van der Waals surface area contributed by atoms with E-state index in [-0.39, 0.29) is 19.4 Å². The van der Waals surface area contributed by atoms with E-state index in [1.165, 1.54) is 0 Å². The third-order valence-electron chi connectivity index (χ3n) is 1.78. The molecule has 0 aromatic heterocycles. The Morgan fingerprint density at radius 3 is 2.29 bits per heavy atom. The molecule has 0 saturated heterocycles. The maximum absolute atomic E-state index is 12.0. The number of alkyl carbamates (subject to hydrolysis) is 1. The number of alkyl halides is 3. The van der Waals surface area contributed by atoms with Gasteiger partial charge in [0.05, 0.1) is 0 Å². The third kappa shape index (κ3) is 8.79. The number of halogens is 3. The molecular weight excluding hydrogens is 237 g/mol. The van der Waals surface area contributed by atoms with Crippen LogP contribution >= 0.6 is 0 Å². The summed E-state index contributed by atoms with van der Waals surface area (Å²) >= 11 is 0. The van der Waals surface area contributed by atoms with Crippen LogP contribution in [0.25, 0.3) is 0 Å². The summed E-state index contributed by atoms with van der Waals surface area (Å²) in [6.07, 6.45) is -5.09. The maximum Gasteiger partial charge on any atom is 0.407 e. The molecule has 0 bridgehead atoms. The van der Waals surface area contributed by atoms with Crippen molar-refractivity contribution in [3.63, 3.8) is 0 Å². The number of carbonyl (C=O) groups is 1. The van der Waals surface area contributed by atoms with Gasteiger partial charge in [-0.3, -0.25) is 0 Å². The number of hydrogen-bond acceptors (Lipinski definition) is 3. The molecule has 3 N–H and O–H groups in total. The van der Waals surface area contributed by atoms with E-state index in [9.17, 15) is 18.0 Å². The highest BCUT2D eigenvalue weighted by atomic mass is 19.4. The lowest BCUT2D eigenvalue weighted by Gasteiger charge is -2.20. The average molecular weight is 256 g/mol. The molecule has 0 aliphatic heterocycles. The van der Waals surface area contributed by atoms with E-state index in [2.05, 4.69) is 5.32 Å². The number of amides is 1. The quantitative estimate of drug-likeness (QED) is 0.758. The number of nitrogens with one attached hydrogen (secondary N) is 1. The van der Waals surface area contributed by atoms with Crippen LogP contribution in [0, 0.1) is 0 Å². The maximum atomic E-state index is 12.0. The molecule has 0 rings (SSSR count). The first kappa shape index (κ1) is 16.0. The van der Waals surface area contributed by atoms with E-state index in [4.69, 9.17) is 10.5 Å². The second kappa shape index (κ2) is 6.09. The SMILES string of the molecule is CC(C)(C)OC(=O)NCCCC(N)C(F)(F)F. The number of ether oxygens (including phenoxy) is 1. The first-order chi connectivity index (χ1) is 7.52. The number of hydrogen-bond donors (Lipinski definition) is 2. The van der Waals surface area contributed by atoms with Crippen LogP contribution < -0.4 is 11.1 Å². The van der Waals surface area contributed by atoms with Crippen LogP contribution in [0.5, 0.6) is 0 Å². The van der Waals surface area contributed by atoms with Crippen LogP contribution in [-0.2, 0) is 4.74 Å². The Hall–Kier alpha value is -0.980. The summed E-state index contributed by atoms with van der Waals surface area (Å²) in [4.78, 5) is 11.1. The summed E-state index contributed by atoms with van der Waals surface area (Å²) < 4.78 is 41.0. The van der Waals surface area contributed by atoms with Crippen molar-refractivity contribution in [2.45, 2.75) is 51.4 Å². The van der Waals surface area contributed by atoms with Gasteiger partial charge in [0, 0.05) is 6.54 Å². The van der Waals surface area contributed by atoms with Gasteiger partial charge in [0.15, 0.2) is 0 Å². The molecule has 4 nitrogen and oxygen atoms in total. The Morgan fingerprint density at radius 1 is 1.35 bits per heavy atom. The molecule has 102 valence electrons. The fourth-order valence-electron chi connectivity index (χ4n) is 0.990. The van der Waals surface area contributed by atoms with Crippen molar-refractivity contribution in [2.24, 2.45) is 5.73 Å². The van der Waals surface area contributed by atoms with Crippen molar-refractivity contribution in [1.29, 1.82) is 0 Å². The van der Waals surface area contributed by atoms with Gasteiger partial charge in [-0.05, 0) is 33.6 Å². The van der Waals surface area contributed by atoms with E-state index in [0.717, 1.165) is 0 Å². The molecule has 0 aliphatic rings. The second-order valence-electron chi connectivity index (χ2n) is 4.72. The third-order valence-corrected chi connectivity index (χ3v) is 1.78. The van der Waals surface area contributed by atoms with Crippen LogP contribution in [0.4, 0.5) is 18.0 Å². The minimum Gasteiger partial charge on any atom is -0.444 e. The molecule has 0 fully saturated rings. The molecule has 1 atom stereocenters. The van der Waals surface area contributed by atoms with Crippen molar-refractivity contribution in [3.8, 4) is 0 Å². The zero-order chi connectivity index (χ0) is 13.7. The Labute approximate surface area is 98.7 Å². The van der Waals surface area contributed by atoms with Crippen molar-refractivity contribution >= 4 is 6.09 Å². The summed E-state index contributed by atoms with van der Waals surface area (Å²) in [5, 5.41) is 2.36. The standard InChI is InChI=1S/C10H19F3N2O2/c1-9(2,3)17-8(16)15-6-4-5-7(14)10(11,12)13/h7H,4-6,14H2,1-3H3,(H,15,16). The van der Waals surface area contributed by atoms with Gasteiger partial charge in [0.25, 0.3) is 0 Å². The smallest absolute Gasteiger partial charge is 0.407 e. The van der Waals surface area contributed by atoms with Crippen LogP contribution in [0.1, 0.15) is 33.6 Å². The lowest BCUT2D eigenvalue weighted by molar-refractivity contribution is -0.149. The zero-order valence-electron chi connectivity index (χ0n) is 10.2. The summed E-state index contributed by atoms with van der Waals surface area (Å²) in [5.74, 6) is 0. The topological polar surface area (TPSA) is 64.3 Å². The zero-order valence-corrected chi connectivity index (χ0v) is 10.2. The molecule has 0 heterocycles. The Bertz CT molecular complexity index is 249. The average Bonchev–Trinajstić information content (AvgIpc) is 2.07. The van der Waals surface area contributed by atoms with E-state index in [1.54, 1.807) is 20.8 Å². The molecule has 0 aromatic carbocycles. The first-order valence-corrected chi connectivity index (χ1v) is 5.31. The molecule has 0 aromatic rings. The summed E-state index contributed by atoms with van der Waals surface area (Å²) in [7, 11) is 0. The van der Waals surface area contributed by atoms with Crippen molar-refractivity contribution in [1.82, 2.24) is 5.32 Å². The fourth-order valence-corrected chi connectivity index (χ4v) is 0.990. The summed E-state index contributed by atoms with van der Waals surface area (Å²) in [6.45, 7) is 5.21. The predicted octanol–water partition coefficient (Wildman–Crippen LogP) is 2.18. The normalized spacial score (nSPS) is 14.3. The minimum absolute atomic E-state index is 0.110. The van der Waals surface area contributed by atoms with Gasteiger partial charge in [0.1, 0.15) is 11.6 Å². The molecule has 0 aliphatic carbocycles. The van der Waals surface area contributed by atoms with Gasteiger partial charge < -0.3 is 15.8 Å². The van der Waals surface area contributed by atoms with Crippen LogP contribution in [0.15, 0.2) is 0 Å². The molecule has 0 saturated carbocycles. The fraction of sp³-hybridized carbons (Fsp3) is 0.900. The van der Waals surface area contributed by atoms with Crippen molar-refractivity contribution in [2.75, 3.05) is 6.54 Å². The summed E-state index contributed by atoms with van der Waals surface area (Å²) in [5.41, 5.74) is 4.28. The lowest BCUT2D eigenvalue weighted by Crippen LogP contribution is -2.38. The van der Waals surface area contributed by atoms with Gasteiger partial charge >= 0.3 is 12.3 Å². The van der Waals surface area contributed by atoms with E-state index >= 15 is 0 Å². The molecule has 1 unspecified atom stereocenters. The molecule has 0 spiro atoms. The second-order valence-corrected chi connectivity index (χ2v) is 4.72. The molecular formula is C10H19F3N2O2. The molecule has 7 heteroatoms. The minimum atomic E-state index is -4.38. The highest BCUT2D eigenvalue weighted by molar-refractivity contribution is 5.67. The molecule has 1 amide bonds. The van der Waals surface area contributed by atoms with E-state index in [0.29, 0.717) is 0 Å². The Kier molecular flexibility index (Phi) is 5.74. The van der Waals surface area contributed by atoms with Gasteiger partial charge in [0.2, 0.25) is 0 Å². The lowest BCUT2D eigenvalue weighted by atomic mass is 10.1. The first-order valence-electron chi connectivity index (χ1n) is 5.31. The Balaban J connectivity index is 3.69. The van der Waals surface area contributed by atoms with Gasteiger partial charge in [-0.15, -0.1) is 0 Å². The van der Waals surface area contributed by atoms with Crippen LogP contribution in [-0.4, -0.2) is 30.5 Å². The number of nitrogens with two attached hydrogens (primary N) is 1. The Morgan fingerprint density at radius 2 is 1.88 bits per heavy atom. The molecule has 17 heavy (non-hydrogen) atoms. The van der Waals surface area contributed by atoms with Crippen LogP contribution in [0.3, 0.4) is 0 Å². The van der Waals surface area contributed by atoms with Crippen LogP contribution in [0.2, 0.25) is 0 Å². The van der Waals surface area contributed by atoms with E-state index < -0.39 is 23.9 Å². The molecule has 0 radical (unpaired) electrons. The van der Waals surface area contributed by atoms with E-state index in [1.807, 2.05) is 0 Å². The van der Waals surface area contributed by atoms with Gasteiger partial charge in [-0.25, -0.2) is 4.79 Å². The van der Waals surface area contributed by atoms with Gasteiger partial charge in [-0.2, -0.15) is 13.2 Å². The number of rotatable bonds is 4. The largest absolute Gasteiger partial charge is 0.444 e. The summed E-state index contributed by atoms with van der Waals surface area (Å²) in [6, 6.07) is -1.84.